The van der Waals surface area contributed by atoms with Crippen LogP contribution in [0.5, 0.6) is 0 Å². The van der Waals surface area contributed by atoms with Gasteiger partial charge in [0.2, 0.25) is 5.95 Å². The predicted octanol–water partition coefficient (Wildman–Crippen LogP) is 1.97. The standard InChI is InChI=1S/C12H19N3O2/c1-8(2)5-6-15(4)12-13-9(3)7-10(14-12)11(16)17/h7-8H,5-6H2,1-4H3,(H,16,17). The van der Waals surface area contributed by atoms with Gasteiger partial charge >= 0.3 is 5.97 Å². The third-order valence-corrected chi connectivity index (χ3v) is 2.44. The summed E-state index contributed by atoms with van der Waals surface area (Å²) in [5.74, 6) is 0.0539. The zero-order valence-electron chi connectivity index (χ0n) is 10.8. The Labute approximate surface area is 102 Å². The Balaban J connectivity index is 2.86. The van der Waals surface area contributed by atoms with Crippen molar-refractivity contribution in [2.24, 2.45) is 5.92 Å². The van der Waals surface area contributed by atoms with E-state index < -0.39 is 5.97 Å². The number of anilines is 1. The van der Waals surface area contributed by atoms with E-state index >= 15 is 0 Å². The molecule has 1 N–H and O–H groups in total. The molecule has 94 valence electrons. The molecule has 5 heteroatoms. The van der Waals surface area contributed by atoms with Gasteiger partial charge in [-0.15, -0.1) is 0 Å². The first-order valence-electron chi connectivity index (χ1n) is 5.70. The topological polar surface area (TPSA) is 66.3 Å². The summed E-state index contributed by atoms with van der Waals surface area (Å²) >= 11 is 0. The predicted molar refractivity (Wildman–Crippen MR) is 66.5 cm³/mol. The van der Waals surface area contributed by atoms with Crippen LogP contribution in [0, 0.1) is 12.8 Å². The first kappa shape index (κ1) is 13.4. The van der Waals surface area contributed by atoms with Gasteiger partial charge in [-0.2, -0.15) is 0 Å². The number of rotatable bonds is 5. The lowest BCUT2D eigenvalue weighted by Crippen LogP contribution is -2.23. The molecule has 0 spiro atoms. The van der Waals surface area contributed by atoms with Crippen LogP contribution in [-0.2, 0) is 0 Å². The molecule has 0 aliphatic rings. The van der Waals surface area contributed by atoms with Crippen molar-refractivity contribution in [2.45, 2.75) is 27.2 Å². The van der Waals surface area contributed by atoms with Crippen molar-refractivity contribution in [3.8, 4) is 0 Å². The van der Waals surface area contributed by atoms with Crippen LogP contribution in [-0.4, -0.2) is 34.6 Å². The Morgan fingerprint density at radius 1 is 1.47 bits per heavy atom. The van der Waals surface area contributed by atoms with Crippen molar-refractivity contribution in [3.63, 3.8) is 0 Å². The number of aryl methyl sites for hydroxylation is 1. The molecule has 0 unspecified atom stereocenters. The number of hydrogen-bond donors (Lipinski definition) is 1. The van der Waals surface area contributed by atoms with Gasteiger partial charge in [0, 0.05) is 19.3 Å². The number of hydrogen-bond acceptors (Lipinski definition) is 4. The Bertz CT molecular complexity index is 405. The van der Waals surface area contributed by atoms with Gasteiger partial charge in [0.1, 0.15) is 0 Å². The summed E-state index contributed by atoms with van der Waals surface area (Å²) in [5, 5.41) is 8.92. The summed E-state index contributed by atoms with van der Waals surface area (Å²) in [4.78, 5) is 21.0. The molecule has 0 aliphatic carbocycles. The molecule has 17 heavy (non-hydrogen) atoms. The lowest BCUT2D eigenvalue weighted by atomic mass is 10.1. The fourth-order valence-electron chi connectivity index (χ4n) is 1.38. The van der Waals surface area contributed by atoms with Crippen LogP contribution < -0.4 is 4.90 Å². The highest BCUT2D eigenvalue weighted by Crippen LogP contribution is 2.11. The minimum absolute atomic E-state index is 0.0453. The van der Waals surface area contributed by atoms with E-state index in [1.807, 2.05) is 11.9 Å². The Morgan fingerprint density at radius 3 is 2.65 bits per heavy atom. The first-order chi connectivity index (χ1) is 7.90. The summed E-state index contributed by atoms with van der Waals surface area (Å²) in [6, 6.07) is 1.47. The molecule has 1 rings (SSSR count). The van der Waals surface area contributed by atoms with Gasteiger partial charge in [0.05, 0.1) is 0 Å². The van der Waals surface area contributed by atoms with Gasteiger partial charge in [-0.3, -0.25) is 0 Å². The first-order valence-corrected chi connectivity index (χ1v) is 5.70. The van der Waals surface area contributed by atoms with Gasteiger partial charge in [-0.05, 0) is 25.3 Å². The SMILES string of the molecule is Cc1cc(C(=O)O)nc(N(C)CCC(C)C)n1. The molecule has 5 nitrogen and oxygen atoms in total. The average Bonchev–Trinajstić information content (AvgIpc) is 2.24. The van der Waals surface area contributed by atoms with Crippen LogP contribution in [0.1, 0.15) is 36.5 Å². The average molecular weight is 237 g/mol. The second kappa shape index (κ2) is 5.61. The fraction of sp³-hybridized carbons (Fsp3) is 0.583. The molecule has 0 saturated heterocycles. The third-order valence-electron chi connectivity index (χ3n) is 2.44. The highest BCUT2D eigenvalue weighted by Gasteiger charge is 2.11. The van der Waals surface area contributed by atoms with Gasteiger partial charge in [-0.25, -0.2) is 14.8 Å². The summed E-state index contributed by atoms with van der Waals surface area (Å²) in [6.45, 7) is 6.88. The third kappa shape index (κ3) is 4.01. The van der Waals surface area contributed by atoms with E-state index in [-0.39, 0.29) is 5.69 Å². The van der Waals surface area contributed by atoms with Crippen molar-refractivity contribution in [2.75, 3.05) is 18.5 Å². The summed E-state index contributed by atoms with van der Waals surface area (Å²) in [5.41, 5.74) is 0.715. The molecule has 0 radical (unpaired) electrons. The number of carboxylic acid groups (broad SMARTS) is 1. The van der Waals surface area contributed by atoms with E-state index in [1.165, 1.54) is 6.07 Å². The van der Waals surface area contributed by atoms with Crippen LogP contribution in [0.25, 0.3) is 0 Å². The lowest BCUT2D eigenvalue weighted by molar-refractivity contribution is 0.0690. The number of carbonyl (C=O) groups is 1. The maximum absolute atomic E-state index is 10.9. The summed E-state index contributed by atoms with van der Waals surface area (Å²) in [6.07, 6.45) is 1.02. The molecule has 1 aromatic rings. The fourth-order valence-corrected chi connectivity index (χ4v) is 1.38. The number of aromatic carboxylic acids is 1. The molecule has 1 aromatic heterocycles. The van der Waals surface area contributed by atoms with Crippen molar-refractivity contribution in [1.82, 2.24) is 9.97 Å². The molecular weight excluding hydrogens is 218 g/mol. The highest BCUT2D eigenvalue weighted by atomic mass is 16.4. The van der Waals surface area contributed by atoms with E-state index in [9.17, 15) is 4.79 Å². The second-order valence-electron chi connectivity index (χ2n) is 4.60. The monoisotopic (exact) mass is 237 g/mol. The van der Waals surface area contributed by atoms with Crippen LogP contribution in [0.4, 0.5) is 5.95 Å². The van der Waals surface area contributed by atoms with Crippen LogP contribution in [0.2, 0.25) is 0 Å². The quantitative estimate of drug-likeness (QED) is 0.848. The maximum Gasteiger partial charge on any atom is 0.354 e. The van der Waals surface area contributed by atoms with Crippen LogP contribution in [0.3, 0.4) is 0 Å². The van der Waals surface area contributed by atoms with Crippen molar-refractivity contribution < 1.29 is 9.90 Å². The molecule has 0 atom stereocenters. The summed E-state index contributed by atoms with van der Waals surface area (Å²) in [7, 11) is 1.88. The Kier molecular flexibility index (Phi) is 4.43. The maximum atomic E-state index is 10.9. The normalized spacial score (nSPS) is 10.6. The highest BCUT2D eigenvalue weighted by molar-refractivity contribution is 5.85. The van der Waals surface area contributed by atoms with Gasteiger partial charge in [0.15, 0.2) is 5.69 Å². The van der Waals surface area contributed by atoms with Crippen molar-refractivity contribution in [3.05, 3.63) is 17.5 Å². The Morgan fingerprint density at radius 2 is 2.12 bits per heavy atom. The number of nitrogens with zero attached hydrogens (tertiary/aromatic N) is 3. The minimum atomic E-state index is -1.02. The molecule has 0 fully saturated rings. The number of aromatic nitrogens is 2. The smallest absolute Gasteiger partial charge is 0.354 e. The van der Waals surface area contributed by atoms with E-state index in [0.717, 1.165) is 13.0 Å². The van der Waals surface area contributed by atoms with E-state index in [0.29, 0.717) is 17.6 Å². The van der Waals surface area contributed by atoms with E-state index in [1.54, 1.807) is 6.92 Å². The largest absolute Gasteiger partial charge is 0.477 e. The van der Waals surface area contributed by atoms with E-state index in [4.69, 9.17) is 5.11 Å². The molecule has 0 aliphatic heterocycles. The van der Waals surface area contributed by atoms with Crippen LogP contribution in [0.15, 0.2) is 6.07 Å². The molecule has 0 aromatic carbocycles. The molecule has 0 bridgehead atoms. The minimum Gasteiger partial charge on any atom is -0.477 e. The van der Waals surface area contributed by atoms with Gasteiger partial charge < -0.3 is 10.0 Å². The van der Waals surface area contributed by atoms with Gasteiger partial charge in [-0.1, -0.05) is 13.8 Å². The molecule has 1 heterocycles. The molecule has 0 saturated carbocycles. The summed E-state index contributed by atoms with van der Waals surface area (Å²) < 4.78 is 0. The molecular formula is C12H19N3O2. The van der Waals surface area contributed by atoms with Crippen LogP contribution >= 0.6 is 0 Å². The second-order valence-corrected chi connectivity index (χ2v) is 4.60. The zero-order valence-corrected chi connectivity index (χ0v) is 10.8. The van der Waals surface area contributed by atoms with E-state index in [2.05, 4.69) is 23.8 Å². The lowest BCUT2D eigenvalue weighted by Gasteiger charge is -2.18. The van der Waals surface area contributed by atoms with Crippen molar-refractivity contribution >= 4 is 11.9 Å². The van der Waals surface area contributed by atoms with Crippen molar-refractivity contribution in [1.29, 1.82) is 0 Å². The number of carboxylic acids is 1. The van der Waals surface area contributed by atoms with Gasteiger partial charge in [0.25, 0.3) is 0 Å². The Hall–Kier alpha value is -1.65. The zero-order chi connectivity index (χ0) is 13.0. The molecule has 0 amide bonds.